The van der Waals surface area contributed by atoms with E-state index in [-0.39, 0.29) is 5.82 Å². The monoisotopic (exact) mass is 163 g/mol. The normalized spacial score (nSPS) is 10.2. The first kappa shape index (κ1) is 8.98. The van der Waals surface area contributed by atoms with Crippen molar-refractivity contribution in [3.63, 3.8) is 0 Å². The molecule has 0 saturated heterocycles. The molecule has 0 bridgehead atoms. The lowest BCUT2D eigenvalue weighted by molar-refractivity contribution is 0.626. The van der Waals surface area contributed by atoms with Gasteiger partial charge in [0, 0.05) is 5.92 Å². The topological polar surface area (TPSA) is 0 Å². The van der Waals surface area contributed by atoms with Gasteiger partial charge in [-0.15, -0.1) is 6.58 Å². The molecular formula is C11H12F. The van der Waals surface area contributed by atoms with Crippen molar-refractivity contribution in [1.82, 2.24) is 0 Å². The summed E-state index contributed by atoms with van der Waals surface area (Å²) in [6.45, 7) is 5.62. The SMILES string of the molecule is C=CC[C](C)c1cccc(F)c1. The van der Waals surface area contributed by atoms with Gasteiger partial charge in [-0.25, -0.2) is 4.39 Å². The summed E-state index contributed by atoms with van der Waals surface area (Å²) in [5, 5.41) is 0. The van der Waals surface area contributed by atoms with Gasteiger partial charge < -0.3 is 0 Å². The highest BCUT2D eigenvalue weighted by Crippen LogP contribution is 2.18. The van der Waals surface area contributed by atoms with Gasteiger partial charge in [-0.05, 0) is 24.1 Å². The average molecular weight is 163 g/mol. The van der Waals surface area contributed by atoms with E-state index in [0.29, 0.717) is 0 Å². The Hall–Kier alpha value is -1.11. The van der Waals surface area contributed by atoms with Crippen molar-refractivity contribution in [2.24, 2.45) is 0 Å². The van der Waals surface area contributed by atoms with Crippen molar-refractivity contribution in [1.29, 1.82) is 0 Å². The second-order valence-electron chi connectivity index (χ2n) is 2.78. The van der Waals surface area contributed by atoms with Crippen LogP contribution in [0, 0.1) is 11.7 Å². The predicted molar refractivity (Wildman–Crippen MR) is 49.2 cm³/mol. The quantitative estimate of drug-likeness (QED) is 0.599. The molecule has 0 nitrogen and oxygen atoms in total. The third-order valence-electron chi connectivity index (χ3n) is 1.77. The van der Waals surface area contributed by atoms with Crippen LogP contribution in [-0.4, -0.2) is 0 Å². The van der Waals surface area contributed by atoms with Gasteiger partial charge >= 0.3 is 0 Å². The third-order valence-corrected chi connectivity index (χ3v) is 1.77. The number of benzene rings is 1. The van der Waals surface area contributed by atoms with Crippen LogP contribution < -0.4 is 0 Å². The first-order valence-corrected chi connectivity index (χ1v) is 3.93. The highest BCUT2D eigenvalue weighted by Gasteiger charge is 2.03. The minimum absolute atomic E-state index is 0.184. The van der Waals surface area contributed by atoms with Gasteiger partial charge in [0.05, 0.1) is 0 Å². The van der Waals surface area contributed by atoms with Gasteiger partial charge in [0.1, 0.15) is 5.82 Å². The van der Waals surface area contributed by atoms with E-state index >= 15 is 0 Å². The van der Waals surface area contributed by atoms with Gasteiger partial charge in [0.15, 0.2) is 0 Å². The van der Waals surface area contributed by atoms with Crippen LogP contribution in [0.3, 0.4) is 0 Å². The molecule has 0 aromatic heterocycles. The Kier molecular flexibility index (Phi) is 3.03. The fourth-order valence-corrected chi connectivity index (χ4v) is 1.09. The van der Waals surface area contributed by atoms with Crippen molar-refractivity contribution < 1.29 is 4.39 Å². The van der Waals surface area contributed by atoms with E-state index in [1.807, 2.05) is 19.1 Å². The highest BCUT2D eigenvalue weighted by molar-refractivity contribution is 5.30. The summed E-state index contributed by atoms with van der Waals surface area (Å²) in [4.78, 5) is 0. The standard InChI is InChI=1S/C11H12F/c1-3-5-9(2)10-6-4-7-11(12)8-10/h3-4,6-8H,1,5H2,2H3. The maximum Gasteiger partial charge on any atom is 0.123 e. The molecule has 0 unspecified atom stereocenters. The van der Waals surface area contributed by atoms with Crippen molar-refractivity contribution in [3.05, 3.63) is 54.2 Å². The zero-order chi connectivity index (χ0) is 8.97. The van der Waals surface area contributed by atoms with Crippen molar-refractivity contribution in [2.45, 2.75) is 13.3 Å². The lowest BCUT2D eigenvalue weighted by Gasteiger charge is -2.07. The van der Waals surface area contributed by atoms with Gasteiger partial charge in [-0.3, -0.25) is 0 Å². The van der Waals surface area contributed by atoms with E-state index < -0.39 is 0 Å². The Morgan fingerprint density at radius 2 is 2.33 bits per heavy atom. The van der Waals surface area contributed by atoms with E-state index in [9.17, 15) is 4.39 Å². The molecule has 0 amide bonds. The molecule has 0 spiro atoms. The zero-order valence-corrected chi connectivity index (χ0v) is 7.18. The van der Waals surface area contributed by atoms with Crippen LogP contribution in [0.2, 0.25) is 0 Å². The van der Waals surface area contributed by atoms with E-state index in [1.165, 1.54) is 6.07 Å². The molecule has 0 heterocycles. The maximum absolute atomic E-state index is 12.7. The molecule has 63 valence electrons. The van der Waals surface area contributed by atoms with Crippen LogP contribution in [0.5, 0.6) is 0 Å². The minimum Gasteiger partial charge on any atom is -0.207 e. The lowest BCUT2D eigenvalue weighted by Crippen LogP contribution is -1.92. The number of hydrogen-bond acceptors (Lipinski definition) is 0. The largest absolute Gasteiger partial charge is 0.207 e. The first-order valence-electron chi connectivity index (χ1n) is 3.93. The highest BCUT2D eigenvalue weighted by atomic mass is 19.1. The summed E-state index contributed by atoms with van der Waals surface area (Å²) in [5.74, 6) is 0.959. The molecule has 1 radical (unpaired) electrons. The molecule has 12 heavy (non-hydrogen) atoms. The molecule has 0 fully saturated rings. The predicted octanol–water partition coefficient (Wildman–Crippen LogP) is 3.34. The maximum atomic E-state index is 12.7. The lowest BCUT2D eigenvalue weighted by atomic mass is 9.98. The molecule has 0 aliphatic rings. The van der Waals surface area contributed by atoms with Crippen LogP contribution in [0.1, 0.15) is 18.9 Å². The van der Waals surface area contributed by atoms with Gasteiger partial charge in [-0.1, -0.05) is 25.1 Å². The van der Waals surface area contributed by atoms with Crippen LogP contribution in [0.15, 0.2) is 36.9 Å². The Morgan fingerprint density at radius 3 is 2.92 bits per heavy atom. The molecule has 0 saturated carbocycles. The van der Waals surface area contributed by atoms with Gasteiger partial charge in [0.2, 0.25) is 0 Å². The molecule has 0 aliphatic heterocycles. The molecular weight excluding hydrogens is 151 g/mol. The Labute approximate surface area is 72.7 Å². The summed E-state index contributed by atoms with van der Waals surface area (Å²) in [6.07, 6.45) is 2.63. The van der Waals surface area contributed by atoms with Gasteiger partial charge in [-0.2, -0.15) is 0 Å². The number of allylic oxidation sites excluding steroid dienone is 1. The molecule has 1 rings (SSSR count). The summed E-state index contributed by atoms with van der Waals surface area (Å²) in [5.41, 5.74) is 0.954. The Bertz CT molecular complexity index is 265. The van der Waals surface area contributed by atoms with E-state index in [0.717, 1.165) is 17.9 Å². The van der Waals surface area contributed by atoms with E-state index in [2.05, 4.69) is 6.58 Å². The van der Waals surface area contributed by atoms with E-state index in [1.54, 1.807) is 12.1 Å². The molecule has 1 heteroatoms. The molecule has 0 aliphatic carbocycles. The van der Waals surface area contributed by atoms with Crippen LogP contribution in [0.25, 0.3) is 0 Å². The second-order valence-corrected chi connectivity index (χ2v) is 2.78. The molecule has 0 atom stereocenters. The van der Waals surface area contributed by atoms with Crippen molar-refractivity contribution >= 4 is 0 Å². The fraction of sp³-hybridized carbons (Fsp3) is 0.182. The molecule has 1 aromatic rings. The van der Waals surface area contributed by atoms with E-state index in [4.69, 9.17) is 0 Å². The van der Waals surface area contributed by atoms with Crippen LogP contribution >= 0.6 is 0 Å². The molecule has 0 N–H and O–H groups in total. The summed E-state index contributed by atoms with van der Waals surface area (Å²) >= 11 is 0. The summed E-state index contributed by atoms with van der Waals surface area (Å²) in [6, 6.07) is 6.61. The number of hydrogen-bond donors (Lipinski definition) is 0. The second kappa shape index (κ2) is 4.05. The molecule has 1 aromatic carbocycles. The Balaban J connectivity index is 2.80. The third kappa shape index (κ3) is 2.19. The smallest absolute Gasteiger partial charge is 0.123 e. The number of halogens is 1. The minimum atomic E-state index is -0.184. The zero-order valence-electron chi connectivity index (χ0n) is 7.18. The fourth-order valence-electron chi connectivity index (χ4n) is 1.09. The summed E-state index contributed by atoms with van der Waals surface area (Å²) < 4.78 is 12.7. The Morgan fingerprint density at radius 1 is 1.58 bits per heavy atom. The van der Waals surface area contributed by atoms with Crippen molar-refractivity contribution in [2.75, 3.05) is 0 Å². The first-order chi connectivity index (χ1) is 5.74. The summed E-state index contributed by atoms with van der Waals surface area (Å²) in [7, 11) is 0. The van der Waals surface area contributed by atoms with Gasteiger partial charge in [0.25, 0.3) is 0 Å². The van der Waals surface area contributed by atoms with Crippen LogP contribution in [-0.2, 0) is 0 Å². The van der Waals surface area contributed by atoms with Crippen molar-refractivity contribution in [3.8, 4) is 0 Å². The van der Waals surface area contributed by atoms with Crippen LogP contribution in [0.4, 0.5) is 4.39 Å². The average Bonchev–Trinajstić information content (AvgIpc) is 2.05. The number of rotatable bonds is 3.